The number of nitrogens with zero attached hydrogens (tertiary/aromatic N) is 2. The molecule has 3 rings (SSSR count). The van der Waals surface area contributed by atoms with Gasteiger partial charge in [-0.05, 0) is 58.9 Å². The number of aromatic nitrogens is 2. The Kier molecular flexibility index (Phi) is 8.71. The number of halogens is 3. The molecular weight excluding hydrogens is 513 g/mol. The largest absolute Gasteiger partial charge is 0.494 e. The molecular formula is C29H33F3N2O3S. The normalized spacial score (nSPS) is 12.6. The second kappa shape index (κ2) is 11.3. The van der Waals surface area contributed by atoms with Gasteiger partial charge in [-0.15, -0.1) is 0 Å². The summed E-state index contributed by atoms with van der Waals surface area (Å²) < 4.78 is 56.4. The summed E-state index contributed by atoms with van der Waals surface area (Å²) in [6.45, 7) is 13.1. The van der Waals surface area contributed by atoms with Crippen LogP contribution in [0.15, 0.2) is 53.3 Å². The summed E-state index contributed by atoms with van der Waals surface area (Å²) in [5, 5.41) is 0.459. The van der Waals surface area contributed by atoms with Crippen LogP contribution in [0.4, 0.5) is 13.2 Å². The van der Waals surface area contributed by atoms with Gasteiger partial charge in [0.25, 0.3) is 0 Å². The molecule has 0 unspecified atom stereocenters. The van der Waals surface area contributed by atoms with E-state index in [0.29, 0.717) is 10.8 Å². The Balaban J connectivity index is 2.02. The maximum Gasteiger partial charge on any atom is 0.338 e. The first-order valence-electron chi connectivity index (χ1n) is 12.1. The molecule has 204 valence electrons. The summed E-state index contributed by atoms with van der Waals surface area (Å²) in [6, 6.07) is 6.42. The zero-order valence-electron chi connectivity index (χ0n) is 22.9. The SMILES string of the molecule is CC=C(C)C(C)(C)c1cnc(SCc2c(F)cc(C(=O)OC(C)(C)C)cc2F)n1-c1ccc(F)c(OC)c1. The second-order valence-electron chi connectivity index (χ2n) is 10.4. The Morgan fingerprint density at radius 2 is 1.68 bits per heavy atom. The van der Waals surface area contributed by atoms with Gasteiger partial charge in [0.05, 0.1) is 30.3 Å². The number of methoxy groups -OCH3 is 1. The number of hydrogen-bond acceptors (Lipinski definition) is 5. The number of esters is 1. The number of imidazole rings is 1. The minimum Gasteiger partial charge on any atom is -0.494 e. The Bertz CT molecular complexity index is 1350. The molecule has 38 heavy (non-hydrogen) atoms. The van der Waals surface area contributed by atoms with Crippen LogP contribution in [-0.4, -0.2) is 28.2 Å². The van der Waals surface area contributed by atoms with Gasteiger partial charge in [-0.3, -0.25) is 4.57 Å². The van der Waals surface area contributed by atoms with Crippen LogP contribution in [0.3, 0.4) is 0 Å². The van der Waals surface area contributed by atoms with E-state index in [1.54, 1.807) is 39.1 Å². The number of benzene rings is 2. The molecule has 1 aromatic heterocycles. The first kappa shape index (κ1) is 29.4. The van der Waals surface area contributed by atoms with Crippen molar-refractivity contribution >= 4 is 17.7 Å². The number of thioether (sulfide) groups is 1. The van der Waals surface area contributed by atoms with Crippen molar-refractivity contribution in [1.29, 1.82) is 0 Å². The van der Waals surface area contributed by atoms with E-state index in [2.05, 4.69) is 4.98 Å². The highest BCUT2D eigenvalue weighted by molar-refractivity contribution is 7.98. The zero-order chi connectivity index (χ0) is 28.4. The Morgan fingerprint density at radius 3 is 2.24 bits per heavy atom. The summed E-state index contributed by atoms with van der Waals surface area (Å²) in [5.74, 6) is -3.06. The first-order chi connectivity index (χ1) is 17.7. The Morgan fingerprint density at radius 1 is 1.05 bits per heavy atom. The molecule has 0 aliphatic heterocycles. The van der Waals surface area contributed by atoms with Crippen LogP contribution in [0, 0.1) is 17.5 Å². The number of hydrogen-bond donors (Lipinski definition) is 0. The fourth-order valence-corrected chi connectivity index (χ4v) is 4.82. The first-order valence-corrected chi connectivity index (χ1v) is 13.1. The fourth-order valence-electron chi connectivity index (χ4n) is 3.81. The van der Waals surface area contributed by atoms with Crippen molar-refractivity contribution in [3.63, 3.8) is 0 Å². The molecule has 5 nitrogen and oxygen atoms in total. The fraction of sp³-hybridized carbons (Fsp3) is 0.379. The molecule has 0 saturated carbocycles. The molecule has 0 saturated heterocycles. The van der Waals surface area contributed by atoms with Crippen LogP contribution >= 0.6 is 11.8 Å². The second-order valence-corrected chi connectivity index (χ2v) is 11.3. The van der Waals surface area contributed by atoms with E-state index in [4.69, 9.17) is 9.47 Å². The van der Waals surface area contributed by atoms with Gasteiger partial charge in [0.2, 0.25) is 0 Å². The van der Waals surface area contributed by atoms with Gasteiger partial charge in [0.15, 0.2) is 16.7 Å². The molecule has 0 spiro atoms. The summed E-state index contributed by atoms with van der Waals surface area (Å²) in [6.07, 6.45) is 3.72. The summed E-state index contributed by atoms with van der Waals surface area (Å²) in [5.41, 5.74) is 0.845. The molecule has 2 aromatic carbocycles. The third-order valence-electron chi connectivity index (χ3n) is 6.30. The van der Waals surface area contributed by atoms with Crippen LogP contribution < -0.4 is 4.74 Å². The Hall–Kier alpha value is -3.20. The molecule has 0 aliphatic carbocycles. The molecule has 9 heteroatoms. The minimum absolute atomic E-state index is 0.0634. The average molecular weight is 547 g/mol. The number of rotatable bonds is 8. The molecule has 0 radical (unpaired) electrons. The molecule has 0 amide bonds. The van der Waals surface area contributed by atoms with E-state index in [-0.39, 0.29) is 22.6 Å². The van der Waals surface area contributed by atoms with Crippen molar-refractivity contribution in [2.24, 2.45) is 0 Å². The number of carbonyl (C=O) groups is 1. The molecule has 1 heterocycles. The molecule has 0 aliphatic rings. The van der Waals surface area contributed by atoms with Gasteiger partial charge in [-0.25, -0.2) is 22.9 Å². The van der Waals surface area contributed by atoms with Gasteiger partial charge in [-0.1, -0.05) is 37.3 Å². The molecule has 0 fully saturated rings. The smallest absolute Gasteiger partial charge is 0.338 e. The topological polar surface area (TPSA) is 53.3 Å². The van der Waals surface area contributed by atoms with E-state index in [0.717, 1.165) is 35.2 Å². The average Bonchev–Trinajstić information content (AvgIpc) is 3.26. The van der Waals surface area contributed by atoms with Gasteiger partial charge in [0.1, 0.15) is 17.2 Å². The molecule has 3 aromatic rings. The van der Waals surface area contributed by atoms with Crippen LogP contribution in [-0.2, 0) is 15.9 Å². The Labute approximate surface area is 226 Å². The number of carbonyl (C=O) groups excluding carboxylic acids is 1. The highest BCUT2D eigenvalue weighted by Gasteiger charge is 2.29. The summed E-state index contributed by atoms with van der Waals surface area (Å²) in [4.78, 5) is 16.9. The lowest BCUT2D eigenvalue weighted by Gasteiger charge is -2.28. The van der Waals surface area contributed by atoms with Crippen molar-refractivity contribution in [1.82, 2.24) is 9.55 Å². The minimum atomic E-state index is -0.856. The number of ether oxygens (including phenoxy) is 2. The lowest BCUT2D eigenvalue weighted by atomic mass is 9.82. The van der Waals surface area contributed by atoms with E-state index in [1.165, 1.54) is 13.2 Å². The quantitative estimate of drug-likeness (QED) is 0.164. The predicted octanol–water partition coefficient (Wildman–Crippen LogP) is 7.79. The third-order valence-corrected chi connectivity index (χ3v) is 7.28. The highest BCUT2D eigenvalue weighted by atomic mass is 32.2. The standard InChI is InChI=1S/C29H33F3N2O3S/c1-9-17(2)29(6,7)25-15-33-27(34(25)19-10-11-21(30)24(14-19)36-8)38-16-20-22(31)12-18(13-23(20)32)26(35)37-28(3,4)5/h9-15H,16H2,1-8H3. The van der Waals surface area contributed by atoms with Crippen molar-refractivity contribution in [2.45, 2.75) is 70.4 Å². The van der Waals surface area contributed by atoms with Crippen LogP contribution in [0.5, 0.6) is 5.75 Å². The van der Waals surface area contributed by atoms with E-state index in [1.807, 2.05) is 38.3 Å². The molecule has 0 N–H and O–H groups in total. The molecule has 0 bridgehead atoms. The number of allylic oxidation sites excluding steroid dienone is 2. The maximum absolute atomic E-state index is 15.0. The maximum atomic E-state index is 15.0. The van der Waals surface area contributed by atoms with Crippen molar-refractivity contribution < 1.29 is 27.4 Å². The monoisotopic (exact) mass is 546 g/mol. The van der Waals surface area contributed by atoms with Crippen molar-refractivity contribution in [2.75, 3.05) is 7.11 Å². The van der Waals surface area contributed by atoms with Crippen molar-refractivity contribution in [3.8, 4) is 11.4 Å². The van der Waals surface area contributed by atoms with Gasteiger partial charge >= 0.3 is 5.97 Å². The van der Waals surface area contributed by atoms with E-state index < -0.39 is 34.4 Å². The van der Waals surface area contributed by atoms with Gasteiger partial charge in [0, 0.05) is 22.8 Å². The summed E-state index contributed by atoms with van der Waals surface area (Å²) in [7, 11) is 1.38. The third kappa shape index (κ3) is 6.26. The lowest BCUT2D eigenvalue weighted by Crippen LogP contribution is -2.24. The highest BCUT2D eigenvalue weighted by Crippen LogP contribution is 2.38. The van der Waals surface area contributed by atoms with Crippen LogP contribution in [0.25, 0.3) is 5.69 Å². The van der Waals surface area contributed by atoms with E-state index in [9.17, 15) is 18.0 Å². The van der Waals surface area contributed by atoms with Gasteiger partial charge < -0.3 is 9.47 Å². The zero-order valence-corrected chi connectivity index (χ0v) is 23.7. The summed E-state index contributed by atoms with van der Waals surface area (Å²) >= 11 is 1.12. The lowest BCUT2D eigenvalue weighted by molar-refractivity contribution is 0.00684. The molecule has 0 atom stereocenters. The van der Waals surface area contributed by atoms with Gasteiger partial charge in [-0.2, -0.15) is 0 Å². The van der Waals surface area contributed by atoms with Crippen LogP contribution in [0.2, 0.25) is 0 Å². The van der Waals surface area contributed by atoms with E-state index >= 15 is 0 Å². The predicted molar refractivity (Wildman–Crippen MR) is 144 cm³/mol. The van der Waals surface area contributed by atoms with Crippen LogP contribution in [0.1, 0.15) is 70.1 Å². The van der Waals surface area contributed by atoms with Crippen molar-refractivity contribution in [3.05, 3.63) is 82.5 Å².